The van der Waals surface area contributed by atoms with Crippen LogP contribution in [0.4, 0.5) is 23.0 Å². The van der Waals surface area contributed by atoms with E-state index in [4.69, 9.17) is 28.9 Å². The summed E-state index contributed by atoms with van der Waals surface area (Å²) in [6.07, 6.45) is 7.01. The number of anilines is 4. The number of hydrogen-bond donors (Lipinski definition) is 2. The van der Waals surface area contributed by atoms with Crippen LogP contribution < -0.4 is 16.0 Å². The highest BCUT2D eigenvalue weighted by atomic mass is 35.5. The number of benzene rings is 3. The quantitative estimate of drug-likeness (QED) is 0.195. The van der Waals surface area contributed by atoms with Gasteiger partial charge in [-0.25, -0.2) is 28.3 Å². The molecule has 7 rings (SSSR count). The molecule has 2 amide bonds. The molecule has 250 valence electrons. The first-order valence-electron chi connectivity index (χ1n) is 15.4. The van der Waals surface area contributed by atoms with E-state index in [1.165, 1.54) is 32.4 Å². The topological polar surface area (TPSA) is 156 Å². The molecule has 0 aliphatic carbocycles. The molecule has 4 heterocycles. The summed E-state index contributed by atoms with van der Waals surface area (Å²) in [5.74, 6) is -0.806. The van der Waals surface area contributed by atoms with Crippen molar-refractivity contribution >= 4 is 68.1 Å². The van der Waals surface area contributed by atoms with Crippen LogP contribution >= 0.6 is 23.2 Å². The maximum Gasteiger partial charge on any atom is 0.261 e. The third-order valence-electron chi connectivity index (χ3n) is 8.83. The van der Waals surface area contributed by atoms with Gasteiger partial charge in [0.1, 0.15) is 17.9 Å². The van der Waals surface area contributed by atoms with Crippen LogP contribution in [0.1, 0.15) is 25.3 Å². The number of nitrogens with two attached hydrogens (primary N) is 1. The highest BCUT2D eigenvalue weighted by molar-refractivity contribution is 7.89. The number of aromatic nitrogens is 4. The van der Waals surface area contributed by atoms with Gasteiger partial charge in [-0.1, -0.05) is 47.5 Å². The first kappa shape index (κ1) is 32.7. The van der Waals surface area contributed by atoms with E-state index >= 15 is 0 Å². The van der Waals surface area contributed by atoms with Gasteiger partial charge in [-0.15, -0.1) is 0 Å². The first-order valence-corrected chi connectivity index (χ1v) is 17.6. The molecule has 2 aromatic heterocycles. The molecule has 15 heteroatoms. The minimum absolute atomic E-state index is 0.0875. The molecule has 0 radical (unpaired) electrons. The number of imidazole rings is 1. The van der Waals surface area contributed by atoms with Crippen LogP contribution in [0.25, 0.3) is 11.1 Å². The molecule has 0 saturated carbocycles. The van der Waals surface area contributed by atoms with Crippen LogP contribution in [0.5, 0.6) is 0 Å². The van der Waals surface area contributed by atoms with Crippen LogP contribution in [0.2, 0.25) is 10.0 Å². The summed E-state index contributed by atoms with van der Waals surface area (Å²) in [4.78, 5) is 42.0. The summed E-state index contributed by atoms with van der Waals surface area (Å²) in [6, 6.07) is 17.8. The summed E-state index contributed by atoms with van der Waals surface area (Å²) in [6.45, 7) is 1.80. The van der Waals surface area contributed by atoms with Crippen LogP contribution in [0, 0.1) is 0 Å². The second kappa shape index (κ2) is 12.6. The van der Waals surface area contributed by atoms with Crippen LogP contribution in [-0.2, 0) is 31.6 Å². The minimum Gasteiger partial charge on any atom is -0.399 e. The Hall–Kier alpha value is -4.82. The number of nitrogens with zero attached hydrogens (tertiary/aromatic N) is 6. The van der Waals surface area contributed by atoms with Gasteiger partial charge in [-0.05, 0) is 73.4 Å². The number of hydrogen-bond acceptors (Lipinski definition) is 8. The number of fused-ring (bicyclic) bond motifs is 1. The van der Waals surface area contributed by atoms with Crippen LogP contribution in [0.15, 0.2) is 96.7 Å². The van der Waals surface area contributed by atoms with Crippen molar-refractivity contribution < 1.29 is 18.0 Å². The van der Waals surface area contributed by atoms with Crippen LogP contribution in [0.3, 0.4) is 0 Å². The molecule has 12 nitrogen and oxygen atoms in total. The van der Waals surface area contributed by atoms with E-state index in [0.29, 0.717) is 39.9 Å². The number of carbonyl (C=O) groups is 2. The number of rotatable bonds is 8. The third-order valence-corrected chi connectivity index (χ3v) is 11.1. The monoisotopic (exact) mass is 716 g/mol. The van der Waals surface area contributed by atoms with Crippen LogP contribution in [-0.4, -0.2) is 56.6 Å². The van der Waals surface area contributed by atoms with Crippen molar-refractivity contribution in [2.45, 2.75) is 42.8 Å². The van der Waals surface area contributed by atoms with Gasteiger partial charge in [0.15, 0.2) is 5.03 Å². The Morgan fingerprint density at radius 2 is 1.65 bits per heavy atom. The Morgan fingerprint density at radius 3 is 2.33 bits per heavy atom. The van der Waals surface area contributed by atoms with Crippen molar-refractivity contribution in [3.8, 4) is 11.1 Å². The lowest BCUT2D eigenvalue weighted by Gasteiger charge is -2.29. The molecule has 0 unspecified atom stereocenters. The molecule has 3 aromatic carbocycles. The molecule has 2 atom stereocenters. The minimum atomic E-state index is -4.36. The van der Waals surface area contributed by atoms with Crippen molar-refractivity contribution in [1.82, 2.24) is 23.8 Å². The van der Waals surface area contributed by atoms with Crippen molar-refractivity contribution in [2.75, 3.05) is 22.5 Å². The van der Waals surface area contributed by atoms with Gasteiger partial charge < -0.3 is 11.1 Å². The zero-order valence-corrected chi connectivity index (χ0v) is 28.5. The van der Waals surface area contributed by atoms with Gasteiger partial charge >= 0.3 is 0 Å². The van der Waals surface area contributed by atoms with Gasteiger partial charge in [0.05, 0.1) is 11.9 Å². The van der Waals surface area contributed by atoms with Crippen molar-refractivity contribution in [3.63, 3.8) is 0 Å². The smallest absolute Gasteiger partial charge is 0.261 e. The van der Waals surface area contributed by atoms with Gasteiger partial charge in [0, 0.05) is 52.3 Å². The second-order valence-corrected chi connectivity index (χ2v) is 14.9. The summed E-state index contributed by atoms with van der Waals surface area (Å²) < 4.78 is 31.7. The van der Waals surface area contributed by atoms with Gasteiger partial charge in [0.25, 0.3) is 15.9 Å². The van der Waals surface area contributed by atoms with Crippen molar-refractivity contribution in [2.24, 2.45) is 0 Å². The molecule has 5 aromatic rings. The molecule has 1 fully saturated rings. The Morgan fingerprint density at radius 1 is 0.980 bits per heavy atom. The number of amides is 2. The number of nitrogens with one attached hydrogen (secondary N) is 1. The first-order chi connectivity index (χ1) is 23.5. The molecule has 3 N–H and O–H groups in total. The molecular weight excluding hydrogens is 687 g/mol. The number of nitrogen functional groups attached to an aromatic ring is 1. The van der Waals surface area contributed by atoms with Gasteiger partial charge in [-0.2, -0.15) is 4.31 Å². The number of carbonyl (C=O) groups excluding carboxylic acids is 2. The molecule has 0 spiro atoms. The molecule has 49 heavy (non-hydrogen) atoms. The van der Waals surface area contributed by atoms with Crippen molar-refractivity contribution in [1.29, 1.82) is 0 Å². The normalized spacial score (nSPS) is 19.3. The van der Waals surface area contributed by atoms with E-state index in [1.54, 1.807) is 55.7 Å². The Bertz CT molecular complexity index is 2160. The maximum absolute atomic E-state index is 14.6. The fourth-order valence-electron chi connectivity index (χ4n) is 6.48. The van der Waals surface area contributed by atoms with Crippen molar-refractivity contribution in [3.05, 3.63) is 107 Å². The third kappa shape index (κ3) is 5.92. The van der Waals surface area contributed by atoms with E-state index in [2.05, 4.69) is 20.3 Å². The Balaban J connectivity index is 1.28. The number of sulfonamides is 1. The Labute approximate surface area is 292 Å². The van der Waals surface area contributed by atoms with E-state index < -0.39 is 33.4 Å². The average Bonchev–Trinajstić information content (AvgIpc) is 3.80. The highest BCUT2D eigenvalue weighted by Crippen LogP contribution is 2.45. The largest absolute Gasteiger partial charge is 0.399 e. The summed E-state index contributed by atoms with van der Waals surface area (Å²) >= 11 is 12.7. The molecule has 2 aliphatic rings. The Kier molecular flexibility index (Phi) is 8.39. The van der Waals surface area contributed by atoms with Gasteiger partial charge in [-0.3, -0.25) is 14.2 Å². The fraction of sp³-hybridized carbons (Fsp3) is 0.206. The summed E-state index contributed by atoms with van der Waals surface area (Å²) in [5, 5.41) is 3.18. The lowest BCUT2D eigenvalue weighted by atomic mass is 9.91. The molecule has 0 bridgehead atoms. The second-order valence-electron chi connectivity index (χ2n) is 12.2. The predicted octanol–water partition coefficient (Wildman–Crippen LogP) is 5.66. The molecular formula is C34H30Cl2N8O4S. The lowest BCUT2D eigenvalue weighted by molar-refractivity contribution is -0.124. The zero-order chi connectivity index (χ0) is 34.5. The molecule has 2 aliphatic heterocycles. The van der Waals surface area contributed by atoms with E-state index in [0.717, 1.165) is 16.7 Å². The maximum atomic E-state index is 14.6. The van der Waals surface area contributed by atoms with E-state index in [-0.39, 0.29) is 23.9 Å². The SMILES string of the molecule is C[C@@]1(Cc2ccc(-c3cncnc3)cc2)C(=O)N(c2cc(Cl)cc(Cl)c2)c2ncc(S(=O)(=O)N3CCC[C@H]3C(=O)Nc3ccc(N)cc3)n21. The predicted molar refractivity (Wildman–Crippen MR) is 187 cm³/mol. The summed E-state index contributed by atoms with van der Waals surface area (Å²) in [5.41, 5.74) is 8.16. The number of halogens is 2. The van der Waals surface area contributed by atoms with E-state index in [9.17, 15) is 18.0 Å². The summed E-state index contributed by atoms with van der Waals surface area (Å²) in [7, 11) is -4.36. The fourth-order valence-corrected chi connectivity index (χ4v) is 8.84. The lowest BCUT2D eigenvalue weighted by Crippen LogP contribution is -2.46. The standard InChI is InChI=1S/C34H30Cl2N8O4S/c1-34(16-21-4-6-22(7-5-21)23-17-38-20-39-18-23)32(46)43(28-14-24(35)13-25(36)15-28)33-40-19-30(44(33)34)49(47,48)42-12-2-3-29(42)31(45)41-27-10-8-26(37)9-11-27/h4-11,13-15,17-20,29H,2-3,12,16,37H2,1H3,(H,41,45)/t29-,34+/m0/s1. The van der Waals surface area contributed by atoms with Gasteiger partial charge in [0.2, 0.25) is 11.9 Å². The molecule has 1 saturated heterocycles. The zero-order valence-electron chi connectivity index (χ0n) is 26.1. The average molecular weight is 718 g/mol. The highest BCUT2D eigenvalue weighted by Gasteiger charge is 2.53. The van der Waals surface area contributed by atoms with E-state index in [1.807, 2.05) is 24.3 Å².